The Hall–Kier alpha value is -1.85. The molecule has 0 unspecified atom stereocenters. The first-order valence-electron chi connectivity index (χ1n) is 9.17. The Morgan fingerprint density at radius 1 is 1.00 bits per heavy atom. The third-order valence-electron chi connectivity index (χ3n) is 4.07. The van der Waals surface area contributed by atoms with Gasteiger partial charge in [0.25, 0.3) is 0 Å². The minimum absolute atomic E-state index is 0.0455. The van der Waals surface area contributed by atoms with Gasteiger partial charge in [-0.05, 0) is 22.9 Å². The first-order valence-corrected chi connectivity index (χ1v) is 10.6. The number of amides is 2. The number of benzene rings is 1. The Balaban J connectivity index is 2.13. The quantitative estimate of drug-likeness (QED) is 0.549. The van der Waals surface area contributed by atoms with E-state index in [1.54, 1.807) is 16.2 Å². The molecule has 0 saturated heterocycles. The Bertz CT molecular complexity index is 704. The number of hydrogen-bond donors (Lipinski definition) is 0. The van der Waals surface area contributed by atoms with Gasteiger partial charge in [0.15, 0.2) is 0 Å². The van der Waals surface area contributed by atoms with E-state index in [2.05, 4.69) is 0 Å². The van der Waals surface area contributed by atoms with Gasteiger partial charge in [0.2, 0.25) is 11.8 Å². The number of halogens is 1. The molecule has 4 nitrogen and oxygen atoms in total. The second kappa shape index (κ2) is 11.1. The topological polar surface area (TPSA) is 40.6 Å². The van der Waals surface area contributed by atoms with Crippen molar-refractivity contribution in [3.05, 3.63) is 58.3 Å². The van der Waals surface area contributed by atoms with E-state index >= 15 is 0 Å². The number of alkyl halides is 1. The van der Waals surface area contributed by atoms with Crippen molar-refractivity contribution in [2.75, 3.05) is 19.0 Å². The molecule has 0 fully saturated rings. The predicted molar refractivity (Wildman–Crippen MR) is 112 cm³/mol. The maximum atomic E-state index is 13.1. The van der Waals surface area contributed by atoms with E-state index in [1.807, 2.05) is 66.6 Å². The van der Waals surface area contributed by atoms with Gasteiger partial charge in [0, 0.05) is 30.3 Å². The van der Waals surface area contributed by atoms with Crippen LogP contribution in [0.2, 0.25) is 0 Å². The summed E-state index contributed by atoms with van der Waals surface area (Å²) in [6.07, 6.45) is 0.255. The molecule has 27 heavy (non-hydrogen) atoms. The third-order valence-corrected chi connectivity index (χ3v) is 5.12. The Kier molecular flexibility index (Phi) is 8.82. The fraction of sp³-hybridized carbons (Fsp3) is 0.429. The average molecular weight is 407 g/mol. The van der Waals surface area contributed by atoms with E-state index in [0.29, 0.717) is 19.6 Å². The maximum absolute atomic E-state index is 13.1. The summed E-state index contributed by atoms with van der Waals surface area (Å²) in [5, 5.41) is 2.01. The molecule has 0 spiro atoms. The summed E-state index contributed by atoms with van der Waals surface area (Å²) in [6, 6.07) is 13.9. The molecule has 0 N–H and O–H groups in total. The molecular formula is C21H27ClN2O2S. The second-order valence-corrected chi connectivity index (χ2v) is 8.33. The Labute approximate surface area is 170 Å². The molecule has 1 aromatic carbocycles. The number of carbonyl (C=O) groups is 2. The van der Waals surface area contributed by atoms with Crippen LogP contribution in [0.15, 0.2) is 47.8 Å². The third kappa shape index (κ3) is 7.35. The lowest BCUT2D eigenvalue weighted by atomic mass is 10.2. The molecule has 0 saturated carbocycles. The van der Waals surface area contributed by atoms with Gasteiger partial charge in [-0.25, -0.2) is 0 Å². The molecule has 1 aromatic heterocycles. The van der Waals surface area contributed by atoms with E-state index in [-0.39, 0.29) is 36.6 Å². The molecule has 1 heterocycles. The molecule has 6 heteroatoms. The standard InChI is InChI=1S/C21H27ClN2O2S/c1-17(2)13-23(20(25)10-11-22)16-21(26)24(15-19-9-6-12-27-19)14-18-7-4-3-5-8-18/h3-9,12,17H,10-11,13-16H2,1-2H3. The van der Waals surface area contributed by atoms with Gasteiger partial charge in [0.05, 0.1) is 13.1 Å². The van der Waals surface area contributed by atoms with E-state index in [9.17, 15) is 9.59 Å². The van der Waals surface area contributed by atoms with Crippen LogP contribution in [0.25, 0.3) is 0 Å². The summed E-state index contributed by atoms with van der Waals surface area (Å²) >= 11 is 7.37. The van der Waals surface area contributed by atoms with Crippen LogP contribution in [0.4, 0.5) is 0 Å². The first kappa shape index (κ1) is 21.5. The van der Waals surface area contributed by atoms with Gasteiger partial charge in [-0.15, -0.1) is 22.9 Å². The molecule has 2 amide bonds. The van der Waals surface area contributed by atoms with Crippen LogP contribution < -0.4 is 0 Å². The van der Waals surface area contributed by atoms with Crippen LogP contribution in [0, 0.1) is 5.92 Å². The average Bonchev–Trinajstić information content (AvgIpc) is 3.14. The normalized spacial score (nSPS) is 10.8. The molecule has 146 valence electrons. The van der Waals surface area contributed by atoms with Crippen LogP contribution in [-0.2, 0) is 22.7 Å². The van der Waals surface area contributed by atoms with Gasteiger partial charge in [-0.2, -0.15) is 0 Å². The zero-order valence-corrected chi connectivity index (χ0v) is 17.5. The number of nitrogens with zero attached hydrogens (tertiary/aromatic N) is 2. The number of carbonyl (C=O) groups excluding carboxylic acids is 2. The summed E-state index contributed by atoms with van der Waals surface area (Å²) < 4.78 is 0. The zero-order chi connectivity index (χ0) is 19.6. The van der Waals surface area contributed by atoms with E-state index in [1.165, 1.54) is 0 Å². The molecule has 2 aromatic rings. The smallest absolute Gasteiger partial charge is 0.242 e. The zero-order valence-electron chi connectivity index (χ0n) is 15.9. The highest BCUT2D eigenvalue weighted by Gasteiger charge is 2.22. The number of rotatable bonds is 10. The second-order valence-electron chi connectivity index (χ2n) is 6.92. The van der Waals surface area contributed by atoms with Crippen molar-refractivity contribution >= 4 is 34.8 Å². The SMILES string of the molecule is CC(C)CN(CC(=O)N(Cc1ccccc1)Cc1cccs1)C(=O)CCCl. The van der Waals surface area contributed by atoms with Crippen LogP contribution in [0.3, 0.4) is 0 Å². The molecule has 0 atom stereocenters. The molecule has 0 aliphatic carbocycles. The van der Waals surface area contributed by atoms with Crippen molar-refractivity contribution in [1.82, 2.24) is 9.80 Å². The highest BCUT2D eigenvalue weighted by molar-refractivity contribution is 7.09. The predicted octanol–water partition coefficient (Wildman–Crippen LogP) is 4.39. The minimum Gasteiger partial charge on any atom is -0.333 e. The minimum atomic E-state index is -0.0668. The maximum Gasteiger partial charge on any atom is 0.242 e. The van der Waals surface area contributed by atoms with Crippen LogP contribution in [-0.4, -0.2) is 40.6 Å². The Morgan fingerprint density at radius 2 is 1.74 bits per heavy atom. The fourth-order valence-electron chi connectivity index (χ4n) is 2.82. The molecule has 0 bridgehead atoms. The molecule has 2 rings (SSSR count). The molecular weight excluding hydrogens is 380 g/mol. The summed E-state index contributed by atoms with van der Waals surface area (Å²) in [5.41, 5.74) is 1.07. The van der Waals surface area contributed by atoms with Crippen molar-refractivity contribution in [2.24, 2.45) is 5.92 Å². The monoisotopic (exact) mass is 406 g/mol. The van der Waals surface area contributed by atoms with Crippen LogP contribution in [0.1, 0.15) is 30.7 Å². The van der Waals surface area contributed by atoms with Crippen molar-refractivity contribution < 1.29 is 9.59 Å². The lowest BCUT2D eigenvalue weighted by Crippen LogP contribution is -2.43. The summed E-state index contributed by atoms with van der Waals surface area (Å²) in [6.45, 7) is 5.80. The van der Waals surface area contributed by atoms with Crippen molar-refractivity contribution in [3.63, 3.8) is 0 Å². The fourth-order valence-corrected chi connectivity index (χ4v) is 3.71. The summed E-state index contributed by atoms with van der Waals surface area (Å²) in [7, 11) is 0. The van der Waals surface area contributed by atoms with Gasteiger partial charge in [0.1, 0.15) is 0 Å². The van der Waals surface area contributed by atoms with Gasteiger partial charge < -0.3 is 9.80 Å². The van der Waals surface area contributed by atoms with Crippen molar-refractivity contribution in [3.8, 4) is 0 Å². The van der Waals surface area contributed by atoms with Gasteiger partial charge >= 0.3 is 0 Å². The number of thiophene rings is 1. The summed E-state index contributed by atoms with van der Waals surface area (Å²) in [5.74, 6) is 0.445. The highest BCUT2D eigenvalue weighted by Crippen LogP contribution is 2.15. The van der Waals surface area contributed by atoms with Crippen LogP contribution in [0.5, 0.6) is 0 Å². The van der Waals surface area contributed by atoms with Crippen molar-refractivity contribution in [1.29, 1.82) is 0 Å². The number of hydrogen-bond acceptors (Lipinski definition) is 3. The van der Waals surface area contributed by atoms with Crippen LogP contribution >= 0.6 is 22.9 Å². The largest absolute Gasteiger partial charge is 0.333 e. The molecule has 0 aliphatic rings. The van der Waals surface area contributed by atoms with E-state index < -0.39 is 0 Å². The van der Waals surface area contributed by atoms with E-state index in [4.69, 9.17) is 11.6 Å². The van der Waals surface area contributed by atoms with Gasteiger partial charge in [-0.3, -0.25) is 9.59 Å². The summed E-state index contributed by atoms with van der Waals surface area (Å²) in [4.78, 5) is 30.1. The van der Waals surface area contributed by atoms with E-state index in [0.717, 1.165) is 10.4 Å². The highest BCUT2D eigenvalue weighted by atomic mass is 35.5. The molecule has 0 radical (unpaired) electrons. The first-order chi connectivity index (χ1) is 13.0. The Morgan fingerprint density at radius 3 is 2.33 bits per heavy atom. The van der Waals surface area contributed by atoms with Gasteiger partial charge in [-0.1, -0.05) is 50.2 Å². The lowest BCUT2D eigenvalue weighted by Gasteiger charge is -2.28. The van der Waals surface area contributed by atoms with Crippen molar-refractivity contribution in [2.45, 2.75) is 33.4 Å². The lowest BCUT2D eigenvalue weighted by molar-refractivity contribution is -0.141. The molecule has 0 aliphatic heterocycles.